The van der Waals surface area contributed by atoms with Gasteiger partial charge < -0.3 is 19.9 Å². The fourth-order valence-electron chi connectivity index (χ4n) is 3.08. The Kier molecular flexibility index (Phi) is 6.22. The molecule has 1 fully saturated rings. The lowest BCUT2D eigenvalue weighted by Gasteiger charge is -2.30. The molecule has 3 rings (SSSR count). The van der Waals surface area contributed by atoms with Crippen molar-refractivity contribution in [2.75, 3.05) is 13.2 Å². The quantitative estimate of drug-likeness (QED) is 0.790. The van der Waals surface area contributed by atoms with Crippen LogP contribution in [0, 0.1) is 0 Å². The summed E-state index contributed by atoms with van der Waals surface area (Å²) in [7, 11) is 0. The number of carbonyl (C=O) groups is 1. The number of hydrogen-bond donors (Lipinski definition) is 2. The Morgan fingerprint density at radius 1 is 1.38 bits per heavy atom. The molecule has 0 radical (unpaired) electrons. The number of aryl methyl sites for hydroxylation is 1. The van der Waals surface area contributed by atoms with Crippen LogP contribution in [-0.4, -0.2) is 41.3 Å². The van der Waals surface area contributed by atoms with Gasteiger partial charge in [0.1, 0.15) is 5.75 Å². The molecule has 0 aliphatic carbocycles. The van der Waals surface area contributed by atoms with Gasteiger partial charge in [0.05, 0.1) is 6.61 Å². The van der Waals surface area contributed by atoms with E-state index < -0.39 is 0 Å². The van der Waals surface area contributed by atoms with Crippen LogP contribution in [0.2, 0.25) is 0 Å². The first-order chi connectivity index (χ1) is 12.7. The predicted molar refractivity (Wildman–Crippen MR) is 97.9 cm³/mol. The molecule has 1 amide bonds. The maximum atomic E-state index is 12.2. The van der Waals surface area contributed by atoms with Crippen molar-refractivity contribution >= 4 is 5.91 Å². The van der Waals surface area contributed by atoms with E-state index in [1.165, 1.54) is 0 Å². The average molecular weight is 358 g/mol. The second kappa shape index (κ2) is 8.80. The smallest absolute Gasteiger partial charge is 0.227 e. The van der Waals surface area contributed by atoms with Gasteiger partial charge in [0.15, 0.2) is 0 Å². The van der Waals surface area contributed by atoms with E-state index in [0.29, 0.717) is 37.2 Å². The first-order valence-corrected chi connectivity index (χ1v) is 9.24. The minimum absolute atomic E-state index is 0.0198. The number of aromatic nitrogens is 2. The third-order valence-corrected chi connectivity index (χ3v) is 4.57. The highest BCUT2D eigenvalue weighted by Gasteiger charge is 2.22. The van der Waals surface area contributed by atoms with E-state index in [1.54, 1.807) is 0 Å². The van der Waals surface area contributed by atoms with Gasteiger partial charge in [-0.25, -0.2) is 0 Å². The minimum Gasteiger partial charge on any atom is -0.494 e. The van der Waals surface area contributed by atoms with Crippen LogP contribution in [0.25, 0.3) is 11.4 Å². The fourth-order valence-corrected chi connectivity index (χ4v) is 3.08. The molecule has 0 spiro atoms. The van der Waals surface area contributed by atoms with Crippen LogP contribution in [0.15, 0.2) is 28.8 Å². The number of nitrogens with one attached hydrogen (secondary N) is 2. The fraction of sp³-hybridized carbons (Fsp3) is 0.526. The molecule has 0 bridgehead atoms. The molecule has 2 atom stereocenters. The van der Waals surface area contributed by atoms with Crippen LogP contribution in [0.1, 0.15) is 39.0 Å². The zero-order valence-electron chi connectivity index (χ0n) is 15.3. The number of rotatable bonds is 7. The maximum absolute atomic E-state index is 12.2. The molecule has 1 aliphatic rings. The van der Waals surface area contributed by atoms with Gasteiger partial charge >= 0.3 is 0 Å². The first-order valence-electron chi connectivity index (χ1n) is 9.24. The van der Waals surface area contributed by atoms with Crippen molar-refractivity contribution in [3.63, 3.8) is 0 Å². The van der Waals surface area contributed by atoms with Gasteiger partial charge in [-0.1, -0.05) is 5.16 Å². The summed E-state index contributed by atoms with van der Waals surface area (Å²) in [4.78, 5) is 16.5. The largest absolute Gasteiger partial charge is 0.494 e. The van der Waals surface area contributed by atoms with Crippen LogP contribution >= 0.6 is 0 Å². The van der Waals surface area contributed by atoms with E-state index in [-0.39, 0.29) is 11.9 Å². The summed E-state index contributed by atoms with van der Waals surface area (Å²) in [6.45, 7) is 5.69. The van der Waals surface area contributed by atoms with Gasteiger partial charge in [0.25, 0.3) is 0 Å². The Bertz CT molecular complexity index is 714. The highest BCUT2D eigenvalue weighted by atomic mass is 16.5. The molecule has 1 saturated heterocycles. The van der Waals surface area contributed by atoms with Gasteiger partial charge in [-0.3, -0.25) is 4.79 Å². The zero-order valence-corrected chi connectivity index (χ0v) is 15.3. The third-order valence-electron chi connectivity index (χ3n) is 4.57. The Morgan fingerprint density at radius 3 is 2.92 bits per heavy atom. The van der Waals surface area contributed by atoms with Crippen molar-refractivity contribution in [2.45, 2.75) is 51.6 Å². The second-order valence-corrected chi connectivity index (χ2v) is 6.53. The number of piperidine rings is 1. The van der Waals surface area contributed by atoms with E-state index >= 15 is 0 Å². The van der Waals surface area contributed by atoms with Crippen LogP contribution in [-0.2, 0) is 11.2 Å². The minimum atomic E-state index is 0.0198. The number of hydrogen-bond acceptors (Lipinski definition) is 6. The first kappa shape index (κ1) is 18.4. The van der Waals surface area contributed by atoms with E-state index in [1.807, 2.05) is 31.2 Å². The van der Waals surface area contributed by atoms with Gasteiger partial charge in [0.2, 0.25) is 17.6 Å². The number of ether oxygens (including phenoxy) is 1. The average Bonchev–Trinajstić information content (AvgIpc) is 3.12. The lowest BCUT2D eigenvalue weighted by Crippen LogP contribution is -2.51. The molecule has 1 aromatic heterocycles. The van der Waals surface area contributed by atoms with Crippen molar-refractivity contribution in [2.24, 2.45) is 0 Å². The molecule has 2 aromatic rings. The molecule has 2 unspecified atom stereocenters. The van der Waals surface area contributed by atoms with Crippen LogP contribution in [0.3, 0.4) is 0 Å². The van der Waals surface area contributed by atoms with E-state index in [9.17, 15) is 4.79 Å². The lowest BCUT2D eigenvalue weighted by atomic mass is 10.00. The molecule has 2 N–H and O–H groups in total. The van der Waals surface area contributed by atoms with E-state index in [4.69, 9.17) is 9.26 Å². The Morgan fingerprint density at radius 2 is 2.19 bits per heavy atom. The maximum Gasteiger partial charge on any atom is 0.227 e. The molecule has 26 heavy (non-hydrogen) atoms. The number of amides is 1. The van der Waals surface area contributed by atoms with Gasteiger partial charge in [-0.15, -0.1) is 0 Å². The predicted octanol–water partition coefficient (Wildman–Crippen LogP) is 2.32. The summed E-state index contributed by atoms with van der Waals surface area (Å²) in [5.74, 6) is 1.82. The molecule has 1 aromatic carbocycles. The summed E-state index contributed by atoms with van der Waals surface area (Å²) >= 11 is 0. The normalized spacial score (nSPS) is 19.9. The molecular weight excluding hydrogens is 332 g/mol. The van der Waals surface area contributed by atoms with Crippen LogP contribution in [0.5, 0.6) is 5.75 Å². The third kappa shape index (κ3) is 4.82. The molecule has 140 valence electrons. The second-order valence-electron chi connectivity index (χ2n) is 6.53. The highest BCUT2D eigenvalue weighted by Crippen LogP contribution is 2.20. The zero-order chi connectivity index (χ0) is 18.4. The van der Waals surface area contributed by atoms with Crippen molar-refractivity contribution < 1.29 is 14.1 Å². The molecule has 2 heterocycles. The van der Waals surface area contributed by atoms with Crippen LogP contribution in [0.4, 0.5) is 0 Å². The summed E-state index contributed by atoms with van der Waals surface area (Å²) in [5.41, 5.74) is 0.856. The van der Waals surface area contributed by atoms with E-state index in [2.05, 4.69) is 27.7 Å². The molecule has 0 saturated carbocycles. The van der Waals surface area contributed by atoms with Crippen molar-refractivity contribution in [1.82, 2.24) is 20.8 Å². The monoisotopic (exact) mass is 358 g/mol. The molecule has 1 aliphatic heterocycles. The Hall–Kier alpha value is -2.41. The number of carbonyl (C=O) groups excluding carboxylic acids is 1. The Labute approximate surface area is 153 Å². The molecule has 7 heteroatoms. The van der Waals surface area contributed by atoms with Gasteiger partial charge in [0, 0.05) is 30.5 Å². The lowest BCUT2D eigenvalue weighted by molar-refractivity contribution is -0.122. The standard InChI is InChI=1S/C19H26N4O3/c1-3-25-15-8-6-14(7-9-15)19-22-18(26-23-19)11-10-17(24)21-16-5-4-12-20-13(16)2/h6-9,13,16,20H,3-5,10-12H2,1-2H3,(H,21,24). The highest BCUT2D eigenvalue weighted by molar-refractivity contribution is 5.76. The molecule has 7 nitrogen and oxygen atoms in total. The summed E-state index contributed by atoms with van der Waals surface area (Å²) in [6.07, 6.45) is 2.88. The van der Waals surface area contributed by atoms with Crippen LogP contribution < -0.4 is 15.4 Å². The summed E-state index contributed by atoms with van der Waals surface area (Å²) in [5, 5.41) is 10.5. The number of benzene rings is 1. The SMILES string of the molecule is CCOc1ccc(-c2noc(CCC(=O)NC3CCCNC3C)n2)cc1. The van der Waals surface area contributed by atoms with Crippen molar-refractivity contribution in [1.29, 1.82) is 0 Å². The Balaban J connectivity index is 1.51. The number of nitrogens with zero attached hydrogens (tertiary/aromatic N) is 2. The van der Waals surface area contributed by atoms with Crippen molar-refractivity contribution in [3.8, 4) is 17.1 Å². The molecular formula is C19H26N4O3. The van der Waals surface area contributed by atoms with Crippen molar-refractivity contribution in [3.05, 3.63) is 30.2 Å². The van der Waals surface area contributed by atoms with E-state index in [0.717, 1.165) is 30.7 Å². The summed E-state index contributed by atoms with van der Waals surface area (Å²) < 4.78 is 10.7. The summed E-state index contributed by atoms with van der Waals surface area (Å²) in [6, 6.07) is 8.04. The van der Waals surface area contributed by atoms with Gasteiger partial charge in [-0.2, -0.15) is 4.98 Å². The van der Waals surface area contributed by atoms with Gasteiger partial charge in [-0.05, 0) is 57.5 Å². The topological polar surface area (TPSA) is 89.3 Å².